The van der Waals surface area contributed by atoms with Crippen LogP contribution in [0.4, 0.5) is 0 Å². The van der Waals surface area contributed by atoms with Gasteiger partial charge in [-0.2, -0.15) is 0 Å². The number of methoxy groups -OCH3 is 1. The maximum Gasteiger partial charge on any atom is 0.335 e. The van der Waals surface area contributed by atoms with Crippen molar-refractivity contribution in [3.05, 3.63) is 59.7 Å². The van der Waals surface area contributed by atoms with Crippen molar-refractivity contribution in [1.29, 1.82) is 0 Å². The van der Waals surface area contributed by atoms with E-state index in [1.807, 2.05) is 24.3 Å². The number of carboxylic acid groups (broad SMARTS) is 1. The molecule has 0 aliphatic heterocycles. The molecule has 0 fully saturated rings. The monoisotopic (exact) mass is 327 g/mol. The molecule has 2 aromatic carbocycles. The van der Waals surface area contributed by atoms with E-state index < -0.39 is 5.97 Å². The lowest BCUT2D eigenvalue weighted by atomic mass is 9.97. The van der Waals surface area contributed by atoms with Gasteiger partial charge in [-0.15, -0.1) is 0 Å². The van der Waals surface area contributed by atoms with Crippen LogP contribution in [-0.4, -0.2) is 42.8 Å². The number of nitrogens with zero attached hydrogens (tertiary/aromatic N) is 1. The molecule has 2 aromatic rings. The molecule has 128 valence electrons. The highest BCUT2D eigenvalue weighted by Crippen LogP contribution is 2.26. The summed E-state index contributed by atoms with van der Waals surface area (Å²) in [6.07, 6.45) is 1.04. The van der Waals surface area contributed by atoms with Crippen molar-refractivity contribution >= 4 is 5.97 Å². The summed E-state index contributed by atoms with van der Waals surface area (Å²) in [5.74, 6) is -0.894. The third-order valence-electron chi connectivity index (χ3n) is 3.98. The Balaban J connectivity index is 2.36. The Labute approximate surface area is 143 Å². The van der Waals surface area contributed by atoms with Gasteiger partial charge in [-0.25, -0.2) is 4.79 Å². The first kappa shape index (κ1) is 18.2. The molecule has 0 bridgehead atoms. The van der Waals surface area contributed by atoms with Gasteiger partial charge in [0.2, 0.25) is 0 Å². The van der Waals surface area contributed by atoms with E-state index in [9.17, 15) is 9.90 Å². The minimum Gasteiger partial charge on any atom is -0.478 e. The third kappa shape index (κ3) is 4.91. The number of carbonyl (C=O) groups is 1. The van der Waals surface area contributed by atoms with Crippen molar-refractivity contribution < 1.29 is 14.6 Å². The minimum atomic E-state index is -0.894. The summed E-state index contributed by atoms with van der Waals surface area (Å²) >= 11 is 0. The first-order valence-corrected chi connectivity index (χ1v) is 8.28. The van der Waals surface area contributed by atoms with E-state index in [2.05, 4.69) is 24.0 Å². The molecule has 0 spiro atoms. The Kier molecular flexibility index (Phi) is 6.97. The molecule has 0 aliphatic carbocycles. The molecule has 4 nitrogen and oxygen atoms in total. The van der Waals surface area contributed by atoms with Gasteiger partial charge in [-0.05, 0) is 41.8 Å². The fourth-order valence-corrected chi connectivity index (χ4v) is 2.80. The fraction of sp³-hybridized carbons (Fsp3) is 0.350. The van der Waals surface area contributed by atoms with Gasteiger partial charge in [-0.3, -0.25) is 4.90 Å². The zero-order valence-corrected chi connectivity index (χ0v) is 14.4. The van der Waals surface area contributed by atoms with Crippen LogP contribution in [0.15, 0.2) is 48.5 Å². The van der Waals surface area contributed by atoms with E-state index in [4.69, 9.17) is 4.74 Å². The van der Waals surface area contributed by atoms with E-state index in [1.54, 1.807) is 19.2 Å². The molecule has 0 aromatic heterocycles. The zero-order chi connectivity index (χ0) is 17.4. The molecule has 1 N–H and O–H groups in total. The second kappa shape index (κ2) is 9.21. The molecular weight excluding hydrogens is 302 g/mol. The fourth-order valence-electron chi connectivity index (χ4n) is 2.80. The lowest BCUT2D eigenvalue weighted by Crippen LogP contribution is -2.28. The zero-order valence-electron chi connectivity index (χ0n) is 14.4. The lowest BCUT2D eigenvalue weighted by molar-refractivity contribution is 0.0696. The number of benzene rings is 2. The van der Waals surface area contributed by atoms with Crippen LogP contribution >= 0.6 is 0 Å². The van der Waals surface area contributed by atoms with E-state index in [0.29, 0.717) is 18.7 Å². The SMILES string of the molecule is CCCN(CCOC)Cc1cc(C(=O)O)ccc1-c1ccccc1. The molecule has 2 rings (SSSR count). The summed E-state index contributed by atoms with van der Waals surface area (Å²) in [5, 5.41) is 9.32. The molecule has 0 heterocycles. The summed E-state index contributed by atoms with van der Waals surface area (Å²) in [4.78, 5) is 13.7. The van der Waals surface area contributed by atoms with Crippen LogP contribution in [0, 0.1) is 0 Å². The van der Waals surface area contributed by atoms with Gasteiger partial charge in [0.25, 0.3) is 0 Å². The van der Waals surface area contributed by atoms with Gasteiger partial charge in [-0.1, -0.05) is 43.3 Å². The average molecular weight is 327 g/mol. The first-order valence-electron chi connectivity index (χ1n) is 8.28. The predicted octanol–water partition coefficient (Wildman–Crippen LogP) is 3.91. The standard InChI is InChI=1S/C20H25NO3/c1-3-11-21(12-13-24-2)15-18-14-17(20(22)23)9-10-19(18)16-7-5-4-6-8-16/h4-10,14H,3,11-13,15H2,1-2H3,(H,22,23). The Bertz CT molecular complexity index is 655. The van der Waals surface area contributed by atoms with Crippen molar-refractivity contribution in [3.8, 4) is 11.1 Å². The Hall–Kier alpha value is -2.17. The number of aromatic carboxylic acids is 1. The van der Waals surface area contributed by atoms with Crippen LogP contribution in [0.25, 0.3) is 11.1 Å². The summed E-state index contributed by atoms with van der Waals surface area (Å²) in [6, 6.07) is 15.5. The second-order valence-corrected chi connectivity index (χ2v) is 5.81. The Morgan fingerprint density at radius 1 is 1.12 bits per heavy atom. The largest absolute Gasteiger partial charge is 0.478 e. The van der Waals surface area contributed by atoms with Crippen LogP contribution in [0.5, 0.6) is 0 Å². The van der Waals surface area contributed by atoms with E-state index in [1.165, 1.54) is 0 Å². The number of carboxylic acids is 1. The smallest absolute Gasteiger partial charge is 0.335 e. The maximum atomic E-state index is 11.4. The molecule has 0 radical (unpaired) electrons. The van der Waals surface area contributed by atoms with Gasteiger partial charge in [0, 0.05) is 20.2 Å². The van der Waals surface area contributed by atoms with Crippen molar-refractivity contribution in [3.63, 3.8) is 0 Å². The molecule has 0 saturated carbocycles. The maximum absolute atomic E-state index is 11.4. The molecule has 0 atom stereocenters. The molecule has 0 unspecified atom stereocenters. The van der Waals surface area contributed by atoms with E-state index >= 15 is 0 Å². The lowest BCUT2D eigenvalue weighted by Gasteiger charge is -2.23. The van der Waals surface area contributed by atoms with Crippen molar-refractivity contribution in [2.45, 2.75) is 19.9 Å². The Morgan fingerprint density at radius 3 is 2.50 bits per heavy atom. The van der Waals surface area contributed by atoms with Gasteiger partial charge in [0.05, 0.1) is 12.2 Å². The summed E-state index contributed by atoms with van der Waals surface area (Å²) < 4.78 is 5.20. The van der Waals surface area contributed by atoms with Crippen LogP contribution in [0.2, 0.25) is 0 Å². The molecule has 0 saturated heterocycles. The highest BCUT2D eigenvalue weighted by molar-refractivity contribution is 5.89. The highest BCUT2D eigenvalue weighted by atomic mass is 16.5. The second-order valence-electron chi connectivity index (χ2n) is 5.81. The van der Waals surface area contributed by atoms with Gasteiger partial charge in [0.1, 0.15) is 0 Å². The normalized spacial score (nSPS) is 11.0. The van der Waals surface area contributed by atoms with Crippen molar-refractivity contribution in [2.75, 3.05) is 26.8 Å². The minimum absolute atomic E-state index is 0.327. The van der Waals surface area contributed by atoms with Crippen LogP contribution in [0.3, 0.4) is 0 Å². The number of rotatable bonds is 9. The van der Waals surface area contributed by atoms with Gasteiger partial charge < -0.3 is 9.84 Å². The predicted molar refractivity (Wildman–Crippen MR) is 96.3 cm³/mol. The average Bonchev–Trinajstić information content (AvgIpc) is 2.60. The number of ether oxygens (including phenoxy) is 1. The summed E-state index contributed by atoms with van der Waals surface area (Å²) in [6.45, 7) is 5.30. The van der Waals surface area contributed by atoms with Gasteiger partial charge in [0.15, 0.2) is 0 Å². The van der Waals surface area contributed by atoms with Gasteiger partial charge >= 0.3 is 5.97 Å². The quantitative estimate of drug-likeness (QED) is 0.758. The van der Waals surface area contributed by atoms with Crippen LogP contribution in [0.1, 0.15) is 29.3 Å². The molecule has 0 aliphatic rings. The summed E-state index contributed by atoms with van der Waals surface area (Å²) in [7, 11) is 1.70. The molecule has 0 amide bonds. The van der Waals surface area contributed by atoms with Crippen molar-refractivity contribution in [1.82, 2.24) is 4.90 Å². The topological polar surface area (TPSA) is 49.8 Å². The third-order valence-corrected chi connectivity index (χ3v) is 3.98. The van der Waals surface area contributed by atoms with Crippen LogP contribution < -0.4 is 0 Å². The molecular formula is C20H25NO3. The summed E-state index contributed by atoms with van der Waals surface area (Å²) in [5.41, 5.74) is 3.55. The first-order chi connectivity index (χ1) is 11.7. The number of hydrogen-bond donors (Lipinski definition) is 1. The molecule has 4 heteroatoms. The Morgan fingerprint density at radius 2 is 1.88 bits per heavy atom. The highest BCUT2D eigenvalue weighted by Gasteiger charge is 2.13. The van der Waals surface area contributed by atoms with Crippen molar-refractivity contribution in [2.24, 2.45) is 0 Å². The van der Waals surface area contributed by atoms with Crippen LogP contribution in [-0.2, 0) is 11.3 Å². The number of hydrogen-bond acceptors (Lipinski definition) is 3. The molecule has 24 heavy (non-hydrogen) atoms. The van der Waals surface area contributed by atoms with E-state index in [-0.39, 0.29) is 0 Å². The van der Waals surface area contributed by atoms with E-state index in [0.717, 1.165) is 36.2 Å².